The Balaban J connectivity index is 1.36. The maximum absolute atomic E-state index is 12.6. The summed E-state index contributed by atoms with van der Waals surface area (Å²) in [5.41, 5.74) is 9.08. The minimum atomic E-state index is -0.541. The Labute approximate surface area is 208 Å². The first-order chi connectivity index (χ1) is 17.7. The molecule has 1 aliphatic heterocycles. The van der Waals surface area contributed by atoms with Gasteiger partial charge in [0.15, 0.2) is 5.69 Å². The molecule has 1 saturated heterocycles. The van der Waals surface area contributed by atoms with Gasteiger partial charge in [0.25, 0.3) is 0 Å². The van der Waals surface area contributed by atoms with Gasteiger partial charge in [-0.1, -0.05) is 65.9 Å². The van der Waals surface area contributed by atoms with Crippen molar-refractivity contribution in [1.82, 2.24) is 35.1 Å². The highest BCUT2D eigenvalue weighted by Gasteiger charge is 2.30. The van der Waals surface area contributed by atoms with Gasteiger partial charge < -0.3 is 10.5 Å². The monoisotopic (exact) mass is 488 g/mol. The molecule has 2 N–H and O–H groups in total. The van der Waals surface area contributed by atoms with Crippen LogP contribution < -0.4 is 5.73 Å². The van der Waals surface area contributed by atoms with E-state index in [4.69, 9.17) is 15.1 Å². The summed E-state index contributed by atoms with van der Waals surface area (Å²) in [6, 6.07) is 21.3. The summed E-state index contributed by atoms with van der Waals surface area (Å²) in [6.07, 6.45) is 0. The molecule has 0 saturated carbocycles. The van der Waals surface area contributed by atoms with Crippen LogP contribution in [0.5, 0.6) is 0 Å². The molecule has 1 aliphatic rings. The molecule has 2 aromatic heterocycles. The van der Waals surface area contributed by atoms with E-state index in [1.165, 1.54) is 15.8 Å². The third-order valence-electron chi connectivity index (χ3n) is 6.30. The summed E-state index contributed by atoms with van der Waals surface area (Å²) in [5.74, 6) is -0.282. The first kappa shape index (κ1) is 23.6. The molecule has 2 aromatic carbocycles. The second-order valence-corrected chi connectivity index (χ2v) is 8.53. The van der Waals surface area contributed by atoms with Gasteiger partial charge in [0.05, 0.1) is 18.3 Å². The number of nitrogen functional groups attached to an aromatic ring is 1. The van der Waals surface area contributed by atoms with Gasteiger partial charge in [-0.3, -0.25) is 9.80 Å². The minimum Gasteiger partial charge on any atom is -0.461 e. The molecule has 0 atom stereocenters. The maximum Gasteiger partial charge on any atom is 0.360 e. The first-order valence-corrected chi connectivity index (χ1v) is 11.9. The number of ether oxygens (including phenoxy) is 1. The van der Waals surface area contributed by atoms with Crippen LogP contribution in [0.25, 0.3) is 5.82 Å². The van der Waals surface area contributed by atoms with Gasteiger partial charge in [0.2, 0.25) is 11.6 Å². The lowest BCUT2D eigenvalue weighted by molar-refractivity contribution is 0.0514. The van der Waals surface area contributed by atoms with Crippen LogP contribution in [0.3, 0.4) is 0 Å². The second-order valence-electron chi connectivity index (χ2n) is 8.53. The number of nitrogens with two attached hydrogens (primary N) is 1. The van der Waals surface area contributed by atoms with E-state index in [1.807, 2.05) is 12.1 Å². The van der Waals surface area contributed by atoms with Crippen LogP contribution in [0.15, 0.2) is 65.3 Å². The smallest absolute Gasteiger partial charge is 0.360 e. The molecule has 0 amide bonds. The zero-order valence-electron chi connectivity index (χ0n) is 20.0. The van der Waals surface area contributed by atoms with Gasteiger partial charge in [-0.05, 0) is 28.4 Å². The SMILES string of the molecule is CCOC(=O)c1nnn(-c2nonc2N)c1CN1CCN(C(c2ccccc2)c2ccccc2)CC1. The van der Waals surface area contributed by atoms with Crippen molar-refractivity contribution < 1.29 is 14.2 Å². The molecular formula is C25H28N8O3. The molecule has 11 nitrogen and oxygen atoms in total. The summed E-state index contributed by atoms with van der Waals surface area (Å²) >= 11 is 0. The molecule has 0 unspecified atom stereocenters. The minimum absolute atomic E-state index is 0.0648. The molecule has 0 bridgehead atoms. The molecule has 186 valence electrons. The molecule has 36 heavy (non-hydrogen) atoms. The van der Waals surface area contributed by atoms with E-state index in [-0.39, 0.29) is 30.0 Å². The Hall–Kier alpha value is -4.09. The number of carbonyl (C=O) groups excluding carboxylic acids is 1. The Bertz CT molecular complexity index is 1240. The maximum atomic E-state index is 12.6. The number of aromatic nitrogens is 5. The van der Waals surface area contributed by atoms with Crippen molar-refractivity contribution in [3.63, 3.8) is 0 Å². The third-order valence-corrected chi connectivity index (χ3v) is 6.30. The highest BCUT2D eigenvalue weighted by Crippen LogP contribution is 2.30. The number of nitrogens with zero attached hydrogens (tertiary/aromatic N) is 7. The van der Waals surface area contributed by atoms with Crippen LogP contribution in [0, 0.1) is 0 Å². The number of esters is 1. The van der Waals surface area contributed by atoms with Gasteiger partial charge in [0.1, 0.15) is 0 Å². The third kappa shape index (κ3) is 4.83. The Kier molecular flexibility index (Phi) is 7.01. The second kappa shape index (κ2) is 10.7. The summed E-state index contributed by atoms with van der Waals surface area (Å²) in [7, 11) is 0. The number of anilines is 1. The zero-order chi connectivity index (χ0) is 24.9. The Morgan fingerprint density at radius 1 is 1.00 bits per heavy atom. The summed E-state index contributed by atoms with van der Waals surface area (Å²) in [6.45, 7) is 5.67. The first-order valence-electron chi connectivity index (χ1n) is 11.9. The van der Waals surface area contributed by atoms with Crippen LogP contribution >= 0.6 is 0 Å². The molecule has 0 radical (unpaired) electrons. The van der Waals surface area contributed by atoms with Crippen LogP contribution in [-0.4, -0.2) is 73.9 Å². The van der Waals surface area contributed by atoms with Gasteiger partial charge in [-0.2, -0.15) is 4.68 Å². The Morgan fingerprint density at radius 3 is 2.19 bits per heavy atom. The normalized spacial score (nSPS) is 14.8. The topological polar surface area (TPSA) is 128 Å². The molecule has 0 aliphatic carbocycles. The number of hydrogen-bond acceptors (Lipinski definition) is 10. The largest absolute Gasteiger partial charge is 0.461 e. The quantitative estimate of drug-likeness (QED) is 0.369. The average molecular weight is 489 g/mol. The molecule has 1 fully saturated rings. The van der Waals surface area contributed by atoms with Crippen LogP contribution in [0.1, 0.15) is 40.3 Å². The highest BCUT2D eigenvalue weighted by atomic mass is 16.6. The highest BCUT2D eigenvalue weighted by molar-refractivity contribution is 5.88. The Morgan fingerprint density at radius 2 is 1.64 bits per heavy atom. The number of carbonyl (C=O) groups is 1. The average Bonchev–Trinajstić information content (AvgIpc) is 3.52. The lowest BCUT2D eigenvalue weighted by Crippen LogP contribution is -2.47. The van der Waals surface area contributed by atoms with E-state index < -0.39 is 5.97 Å². The number of rotatable bonds is 8. The van der Waals surface area contributed by atoms with Crippen molar-refractivity contribution >= 4 is 11.8 Å². The standard InChI is InChI=1S/C25H28N8O3/c1-2-35-25(34)21-20(33(30-27-21)24-23(26)28-36-29-24)17-31-13-15-32(16-14-31)22(18-9-5-3-6-10-18)19-11-7-4-8-12-19/h3-12,22H,2,13-17H2,1H3,(H2,26,28). The number of benzene rings is 2. The fraction of sp³-hybridized carbons (Fsp3) is 0.320. The van der Waals surface area contributed by atoms with Crippen molar-refractivity contribution in [2.24, 2.45) is 0 Å². The van der Waals surface area contributed by atoms with Crippen molar-refractivity contribution in [1.29, 1.82) is 0 Å². The van der Waals surface area contributed by atoms with Gasteiger partial charge >= 0.3 is 5.97 Å². The van der Waals surface area contributed by atoms with Gasteiger partial charge in [0, 0.05) is 32.7 Å². The summed E-state index contributed by atoms with van der Waals surface area (Å²) in [5, 5.41) is 15.6. The van der Waals surface area contributed by atoms with E-state index in [9.17, 15) is 4.79 Å². The predicted molar refractivity (Wildman–Crippen MR) is 131 cm³/mol. The van der Waals surface area contributed by atoms with E-state index >= 15 is 0 Å². The van der Waals surface area contributed by atoms with E-state index in [2.05, 4.69) is 79.0 Å². The van der Waals surface area contributed by atoms with E-state index in [0.717, 1.165) is 26.2 Å². The van der Waals surface area contributed by atoms with Crippen LogP contribution in [-0.2, 0) is 11.3 Å². The lowest BCUT2D eigenvalue weighted by atomic mass is 9.96. The summed E-state index contributed by atoms with van der Waals surface area (Å²) < 4.78 is 11.3. The molecular weight excluding hydrogens is 460 g/mol. The number of hydrogen-bond donors (Lipinski definition) is 1. The van der Waals surface area contributed by atoms with Crippen molar-refractivity contribution in [3.8, 4) is 5.82 Å². The number of piperazine rings is 1. The van der Waals surface area contributed by atoms with Crippen LogP contribution in [0.4, 0.5) is 5.82 Å². The van der Waals surface area contributed by atoms with Crippen molar-refractivity contribution in [2.45, 2.75) is 19.5 Å². The van der Waals surface area contributed by atoms with E-state index in [0.29, 0.717) is 12.2 Å². The summed E-state index contributed by atoms with van der Waals surface area (Å²) in [4.78, 5) is 17.3. The van der Waals surface area contributed by atoms with Gasteiger partial charge in [-0.15, -0.1) is 5.10 Å². The fourth-order valence-corrected chi connectivity index (χ4v) is 4.59. The zero-order valence-corrected chi connectivity index (χ0v) is 20.0. The molecule has 0 spiro atoms. The van der Waals surface area contributed by atoms with Crippen LogP contribution in [0.2, 0.25) is 0 Å². The molecule has 11 heteroatoms. The molecule has 4 aromatic rings. The molecule has 3 heterocycles. The van der Waals surface area contributed by atoms with Crippen molar-refractivity contribution in [3.05, 3.63) is 83.2 Å². The molecule has 5 rings (SSSR count). The predicted octanol–water partition coefficient (Wildman–Crippen LogP) is 2.32. The van der Waals surface area contributed by atoms with Gasteiger partial charge in [-0.25, -0.2) is 9.42 Å². The fourth-order valence-electron chi connectivity index (χ4n) is 4.59. The lowest BCUT2D eigenvalue weighted by Gasteiger charge is -2.39. The van der Waals surface area contributed by atoms with Crippen molar-refractivity contribution in [2.75, 3.05) is 38.5 Å². The van der Waals surface area contributed by atoms with E-state index in [1.54, 1.807) is 6.92 Å².